The minimum atomic E-state index is -0.559. The summed E-state index contributed by atoms with van der Waals surface area (Å²) in [5.74, 6) is -0.374. The highest BCUT2D eigenvalue weighted by molar-refractivity contribution is 6.21. The van der Waals surface area contributed by atoms with Crippen molar-refractivity contribution in [2.24, 2.45) is 0 Å². The molecule has 4 heteroatoms. The van der Waals surface area contributed by atoms with E-state index < -0.39 is 5.54 Å². The summed E-state index contributed by atoms with van der Waals surface area (Å²) in [7, 11) is 0. The molecule has 1 atom stereocenters. The number of benzene rings is 4. The van der Waals surface area contributed by atoms with Crippen LogP contribution >= 0.6 is 0 Å². The average molecular weight is 487 g/mol. The van der Waals surface area contributed by atoms with Gasteiger partial charge in [-0.2, -0.15) is 0 Å². The van der Waals surface area contributed by atoms with Gasteiger partial charge < -0.3 is 0 Å². The van der Waals surface area contributed by atoms with Crippen molar-refractivity contribution in [3.8, 4) is 0 Å². The Bertz CT molecular complexity index is 1360. The Labute approximate surface area is 218 Å². The van der Waals surface area contributed by atoms with E-state index in [2.05, 4.69) is 96.8 Å². The summed E-state index contributed by atoms with van der Waals surface area (Å²) < 4.78 is 0. The van der Waals surface area contributed by atoms with Crippen LogP contribution in [0.2, 0.25) is 0 Å². The van der Waals surface area contributed by atoms with Crippen LogP contribution < -0.4 is 0 Å². The second kappa shape index (κ2) is 9.45. The van der Waals surface area contributed by atoms with Crippen molar-refractivity contribution in [2.75, 3.05) is 13.1 Å². The number of aryl methyl sites for hydroxylation is 1. The van der Waals surface area contributed by atoms with Crippen molar-refractivity contribution in [3.05, 3.63) is 143 Å². The lowest BCUT2D eigenvalue weighted by Crippen LogP contribution is -2.54. The lowest BCUT2D eigenvalue weighted by Gasteiger charge is -2.47. The van der Waals surface area contributed by atoms with Crippen molar-refractivity contribution in [1.82, 2.24) is 9.80 Å². The molecule has 37 heavy (non-hydrogen) atoms. The molecule has 1 unspecified atom stereocenters. The van der Waals surface area contributed by atoms with Crippen molar-refractivity contribution < 1.29 is 9.59 Å². The van der Waals surface area contributed by atoms with Crippen LogP contribution in [0.15, 0.2) is 109 Å². The van der Waals surface area contributed by atoms with Gasteiger partial charge in [-0.3, -0.25) is 19.4 Å². The summed E-state index contributed by atoms with van der Waals surface area (Å²) in [5.41, 5.74) is 5.21. The van der Waals surface area contributed by atoms with E-state index in [0.717, 1.165) is 19.4 Å². The van der Waals surface area contributed by atoms with Gasteiger partial charge in [0.15, 0.2) is 0 Å². The summed E-state index contributed by atoms with van der Waals surface area (Å²) in [4.78, 5) is 30.6. The smallest absolute Gasteiger partial charge is 0.261 e. The average Bonchev–Trinajstić information content (AvgIpc) is 3.50. The molecule has 0 radical (unpaired) electrons. The lowest BCUT2D eigenvalue weighted by molar-refractivity contribution is 0.0561. The first-order valence-electron chi connectivity index (χ1n) is 13.0. The molecule has 2 aliphatic rings. The highest BCUT2D eigenvalue weighted by Gasteiger charge is 2.48. The van der Waals surface area contributed by atoms with Gasteiger partial charge >= 0.3 is 0 Å². The van der Waals surface area contributed by atoms with Crippen molar-refractivity contribution in [2.45, 2.75) is 31.3 Å². The number of hydrogen-bond acceptors (Lipinski definition) is 3. The first-order valence-corrected chi connectivity index (χ1v) is 13.0. The fourth-order valence-electron chi connectivity index (χ4n) is 6.23. The normalized spacial score (nSPS) is 17.9. The minimum Gasteiger partial charge on any atom is -0.281 e. The number of nitrogens with zero attached hydrogens (tertiary/aromatic N) is 2. The van der Waals surface area contributed by atoms with E-state index in [1.807, 2.05) is 12.1 Å². The van der Waals surface area contributed by atoms with Gasteiger partial charge in [-0.15, -0.1) is 0 Å². The number of hydrogen-bond donors (Lipinski definition) is 0. The van der Waals surface area contributed by atoms with Gasteiger partial charge in [-0.1, -0.05) is 103 Å². The number of fused-ring (bicyclic) bond motifs is 1. The van der Waals surface area contributed by atoms with Crippen LogP contribution in [0.4, 0.5) is 0 Å². The van der Waals surface area contributed by atoms with Crippen molar-refractivity contribution >= 4 is 11.8 Å². The summed E-state index contributed by atoms with van der Waals surface area (Å²) in [6.07, 6.45) is 1.92. The quantitative estimate of drug-likeness (QED) is 0.246. The van der Waals surface area contributed by atoms with Crippen molar-refractivity contribution in [1.29, 1.82) is 0 Å². The van der Waals surface area contributed by atoms with Crippen LogP contribution in [-0.4, -0.2) is 40.7 Å². The molecule has 1 saturated heterocycles. The van der Waals surface area contributed by atoms with Gasteiger partial charge in [0, 0.05) is 19.1 Å². The number of carbonyl (C=O) groups excluding carboxylic acids is 2. The first kappa shape index (κ1) is 23.4. The molecule has 0 aliphatic carbocycles. The predicted octanol–water partition coefficient (Wildman–Crippen LogP) is 6.05. The zero-order chi connectivity index (χ0) is 25.4. The van der Waals surface area contributed by atoms with Gasteiger partial charge in [-0.05, 0) is 48.6 Å². The Morgan fingerprint density at radius 3 is 1.70 bits per heavy atom. The standard InChI is InChI=1S/C33H30N2O2/c1-24-18-20-27(21-19-24)33(25-11-4-2-5-12-25,26-13-6-3-7-14-26)35-22-10-15-28(35)23-34-31(36)29-16-8-9-17-30(29)32(34)37/h2-9,11-14,16-21,28H,10,15,22-23H2,1H3. The number of amides is 2. The Morgan fingerprint density at radius 2 is 1.16 bits per heavy atom. The highest BCUT2D eigenvalue weighted by Crippen LogP contribution is 2.46. The zero-order valence-electron chi connectivity index (χ0n) is 21.0. The third-order valence-corrected chi connectivity index (χ3v) is 7.93. The maximum atomic E-state index is 13.3. The Hall–Kier alpha value is -4.02. The maximum absolute atomic E-state index is 13.3. The molecule has 4 aromatic rings. The van der Waals surface area contributed by atoms with E-state index in [1.165, 1.54) is 27.2 Å². The second-order valence-corrected chi connectivity index (χ2v) is 10.1. The largest absolute Gasteiger partial charge is 0.281 e. The fourth-order valence-corrected chi connectivity index (χ4v) is 6.23. The Balaban J connectivity index is 1.49. The zero-order valence-corrected chi connectivity index (χ0v) is 21.0. The van der Waals surface area contributed by atoms with E-state index in [9.17, 15) is 9.59 Å². The van der Waals surface area contributed by atoms with E-state index in [-0.39, 0.29) is 17.9 Å². The Kier molecular flexibility index (Phi) is 5.97. The van der Waals surface area contributed by atoms with Crippen molar-refractivity contribution in [3.63, 3.8) is 0 Å². The number of carbonyl (C=O) groups is 2. The number of likely N-dealkylation sites (tertiary alicyclic amines) is 1. The van der Waals surface area contributed by atoms with Crippen LogP contribution in [-0.2, 0) is 5.54 Å². The fraction of sp³-hybridized carbons (Fsp3) is 0.212. The predicted molar refractivity (Wildman–Crippen MR) is 145 cm³/mol. The summed E-state index contributed by atoms with van der Waals surface area (Å²) >= 11 is 0. The van der Waals surface area contributed by atoms with Crippen LogP contribution in [0.3, 0.4) is 0 Å². The SMILES string of the molecule is Cc1ccc(C(c2ccccc2)(c2ccccc2)N2CCCC2CN2C(=O)c3ccccc3C2=O)cc1. The molecule has 0 spiro atoms. The van der Waals surface area contributed by atoms with Crippen LogP contribution in [0.25, 0.3) is 0 Å². The van der Waals surface area contributed by atoms with Gasteiger partial charge in [0.1, 0.15) is 0 Å². The number of rotatable bonds is 6. The molecule has 2 heterocycles. The Morgan fingerprint density at radius 1 is 0.676 bits per heavy atom. The molecular weight excluding hydrogens is 456 g/mol. The summed E-state index contributed by atoms with van der Waals surface area (Å²) in [5, 5.41) is 0. The van der Waals surface area contributed by atoms with Crippen LogP contribution in [0, 0.1) is 6.92 Å². The summed E-state index contributed by atoms with van der Waals surface area (Å²) in [6, 6.07) is 37.2. The van der Waals surface area contributed by atoms with E-state index in [4.69, 9.17) is 0 Å². The van der Waals surface area contributed by atoms with Gasteiger partial charge in [0.25, 0.3) is 11.8 Å². The minimum absolute atomic E-state index is 0.0175. The maximum Gasteiger partial charge on any atom is 0.261 e. The third-order valence-electron chi connectivity index (χ3n) is 7.93. The lowest BCUT2D eigenvalue weighted by atomic mass is 9.75. The molecular formula is C33H30N2O2. The molecule has 184 valence electrons. The second-order valence-electron chi connectivity index (χ2n) is 10.1. The molecule has 0 saturated carbocycles. The van der Waals surface area contributed by atoms with Crippen LogP contribution in [0.5, 0.6) is 0 Å². The monoisotopic (exact) mass is 486 g/mol. The van der Waals surface area contributed by atoms with E-state index in [1.54, 1.807) is 12.1 Å². The molecule has 4 nitrogen and oxygen atoms in total. The van der Waals surface area contributed by atoms with Gasteiger partial charge in [-0.25, -0.2) is 0 Å². The number of imide groups is 1. The molecule has 2 amide bonds. The molecule has 6 rings (SSSR count). The van der Waals surface area contributed by atoms with Crippen LogP contribution in [0.1, 0.15) is 55.8 Å². The molecule has 0 aromatic heterocycles. The highest BCUT2D eigenvalue weighted by atomic mass is 16.2. The topological polar surface area (TPSA) is 40.6 Å². The molecule has 1 fully saturated rings. The third kappa shape index (κ3) is 3.80. The van der Waals surface area contributed by atoms with Gasteiger partial charge in [0.05, 0.1) is 16.7 Å². The first-order chi connectivity index (χ1) is 18.1. The van der Waals surface area contributed by atoms with E-state index >= 15 is 0 Å². The van der Waals surface area contributed by atoms with Gasteiger partial charge in [0.2, 0.25) is 0 Å². The van der Waals surface area contributed by atoms with E-state index in [0.29, 0.717) is 17.7 Å². The summed E-state index contributed by atoms with van der Waals surface area (Å²) in [6.45, 7) is 3.35. The molecule has 2 aliphatic heterocycles. The molecule has 0 bridgehead atoms. The molecule has 0 N–H and O–H groups in total. The molecule has 4 aromatic carbocycles.